The topological polar surface area (TPSA) is 21.3 Å². The highest BCUT2D eigenvalue weighted by Crippen LogP contribution is 2.47. The number of ether oxygens (including phenoxy) is 1. The molecule has 0 aliphatic heterocycles. The molecule has 1 aromatic carbocycles. The van der Waals surface area contributed by atoms with Gasteiger partial charge in [-0.1, -0.05) is 29.3 Å². The van der Waals surface area contributed by atoms with E-state index in [1.807, 2.05) is 12.1 Å². The van der Waals surface area contributed by atoms with Crippen molar-refractivity contribution in [3.8, 4) is 0 Å². The summed E-state index contributed by atoms with van der Waals surface area (Å²) < 4.78 is 4.99. The molecule has 2 unspecified atom stereocenters. The van der Waals surface area contributed by atoms with E-state index in [1.165, 1.54) is 12.0 Å². The van der Waals surface area contributed by atoms with E-state index < -0.39 is 0 Å². The Balaban J connectivity index is 1.79. The number of hydrogen-bond donors (Lipinski definition) is 1. The third kappa shape index (κ3) is 3.59. The van der Waals surface area contributed by atoms with Gasteiger partial charge in [0.15, 0.2) is 0 Å². The molecule has 0 radical (unpaired) electrons. The first-order valence-corrected chi connectivity index (χ1v) is 6.62. The van der Waals surface area contributed by atoms with Crippen molar-refractivity contribution in [2.45, 2.75) is 12.3 Å². The summed E-state index contributed by atoms with van der Waals surface area (Å²) >= 11 is 11.9. The van der Waals surface area contributed by atoms with Gasteiger partial charge in [0.2, 0.25) is 0 Å². The quantitative estimate of drug-likeness (QED) is 0.803. The van der Waals surface area contributed by atoms with Crippen LogP contribution in [0.15, 0.2) is 18.2 Å². The lowest BCUT2D eigenvalue weighted by molar-refractivity contribution is 0.199. The van der Waals surface area contributed by atoms with Crippen LogP contribution in [0.2, 0.25) is 10.0 Å². The van der Waals surface area contributed by atoms with E-state index in [0.717, 1.165) is 25.6 Å². The van der Waals surface area contributed by atoms with E-state index in [2.05, 4.69) is 11.4 Å². The van der Waals surface area contributed by atoms with Gasteiger partial charge in [-0.15, -0.1) is 0 Å². The molecule has 1 saturated carbocycles. The molecule has 0 aromatic heterocycles. The predicted octanol–water partition coefficient (Wildman–Crippen LogP) is 3.33. The molecule has 1 N–H and O–H groups in total. The van der Waals surface area contributed by atoms with Crippen LogP contribution in [0.3, 0.4) is 0 Å². The molecule has 4 heteroatoms. The van der Waals surface area contributed by atoms with Crippen LogP contribution in [-0.4, -0.2) is 26.8 Å². The summed E-state index contributed by atoms with van der Waals surface area (Å²) in [5.41, 5.74) is 1.30. The van der Waals surface area contributed by atoms with Crippen molar-refractivity contribution in [1.82, 2.24) is 5.32 Å². The zero-order chi connectivity index (χ0) is 12.3. The fourth-order valence-corrected chi connectivity index (χ4v) is 2.39. The van der Waals surface area contributed by atoms with Gasteiger partial charge in [0, 0.05) is 13.7 Å². The number of benzene rings is 1. The normalized spacial score (nSPS) is 22.8. The Morgan fingerprint density at radius 3 is 2.88 bits per heavy atom. The molecular formula is C13H17Cl2NO. The molecule has 1 fully saturated rings. The van der Waals surface area contributed by atoms with Crippen molar-refractivity contribution in [1.29, 1.82) is 0 Å². The van der Waals surface area contributed by atoms with Crippen LogP contribution in [-0.2, 0) is 4.74 Å². The maximum absolute atomic E-state index is 6.01. The summed E-state index contributed by atoms with van der Waals surface area (Å²) in [6, 6.07) is 5.95. The lowest BCUT2D eigenvalue weighted by Crippen LogP contribution is -2.21. The van der Waals surface area contributed by atoms with Crippen molar-refractivity contribution < 1.29 is 4.74 Å². The minimum atomic E-state index is 0.630. The maximum Gasteiger partial charge on any atom is 0.0595 e. The van der Waals surface area contributed by atoms with Crippen LogP contribution in [0, 0.1) is 5.92 Å². The fraction of sp³-hybridized carbons (Fsp3) is 0.538. The Morgan fingerprint density at radius 2 is 2.18 bits per heavy atom. The summed E-state index contributed by atoms with van der Waals surface area (Å²) in [6.07, 6.45) is 1.23. The van der Waals surface area contributed by atoms with Crippen molar-refractivity contribution >= 4 is 23.2 Å². The molecular weight excluding hydrogens is 257 g/mol. The van der Waals surface area contributed by atoms with E-state index in [-0.39, 0.29) is 0 Å². The van der Waals surface area contributed by atoms with Crippen molar-refractivity contribution in [2.75, 3.05) is 26.8 Å². The first kappa shape index (κ1) is 13.2. The standard InChI is InChI=1S/C13H17Cl2NO/c1-17-5-4-16-8-10-6-11(10)9-2-3-12(14)13(15)7-9/h2-3,7,10-11,16H,4-6,8H2,1H3. The molecule has 1 aliphatic rings. The van der Waals surface area contributed by atoms with Crippen LogP contribution in [0.25, 0.3) is 0 Å². The van der Waals surface area contributed by atoms with Gasteiger partial charge in [0.05, 0.1) is 16.7 Å². The maximum atomic E-state index is 6.01. The number of halogens is 2. The second-order valence-corrected chi connectivity index (χ2v) is 5.29. The zero-order valence-corrected chi connectivity index (χ0v) is 11.4. The van der Waals surface area contributed by atoms with E-state index in [4.69, 9.17) is 27.9 Å². The first-order chi connectivity index (χ1) is 8.22. The largest absolute Gasteiger partial charge is 0.383 e. The van der Waals surface area contributed by atoms with Crippen LogP contribution >= 0.6 is 23.2 Å². The highest BCUT2D eigenvalue weighted by molar-refractivity contribution is 6.42. The van der Waals surface area contributed by atoms with Gasteiger partial charge < -0.3 is 10.1 Å². The van der Waals surface area contributed by atoms with Crippen LogP contribution in [0.5, 0.6) is 0 Å². The van der Waals surface area contributed by atoms with Gasteiger partial charge in [-0.3, -0.25) is 0 Å². The fourth-order valence-electron chi connectivity index (χ4n) is 2.09. The lowest BCUT2D eigenvalue weighted by Gasteiger charge is -2.04. The summed E-state index contributed by atoms with van der Waals surface area (Å²) in [4.78, 5) is 0. The van der Waals surface area contributed by atoms with E-state index in [0.29, 0.717) is 16.0 Å². The highest BCUT2D eigenvalue weighted by Gasteiger charge is 2.37. The smallest absolute Gasteiger partial charge is 0.0595 e. The van der Waals surface area contributed by atoms with E-state index >= 15 is 0 Å². The summed E-state index contributed by atoms with van der Waals surface area (Å²) in [7, 11) is 1.72. The SMILES string of the molecule is COCCNCC1CC1c1ccc(Cl)c(Cl)c1. The Labute approximate surface area is 112 Å². The van der Waals surface area contributed by atoms with Gasteiger partial charge in [0.1, 0.15) is 0 Å². The van der Waals surface area contributed by atoms with Gasteiger partial charge in [-0.25, -0.2) is 0 Å². The monoisotopic (exact) mass is 273 g/mol. The third-order valence-electron chi connectivity index (χ3n) is 3.18. The Kier molecular flexibility index (Phi) is 4.69. The Morgan fingerprint density at radius 1 is 1.35 bits per heavy atom. The molecule has 94 valence electrons. The van der Waals surface area contributed by atoms with Gasteiger partial charge in [-0.2, -0.15) is 0 Å². The van der Waals surface area contributed by atoms with Crippen LogP contribution < -0.4 is 5.32 Å². The van der Waals surface area contributed by atoms with Crippen LogP contribution in [0.4, 0.5) is 0 Å². The average molecular weight is 274 g/mol. The predicted molar refractivity (Wildman–Crippen MR) is 72.1 cm³/mol. The number of hydrogen-bond acceptors (Lipinski definition) is 2. The molecule has 2 nitrogen and oxygen atoms in total. The Bertz CT molecular complexity index is 384. The van der Waals surface area contributed by atoms with Crippen molar-refractivity contribution in [2.24, 2.45) is 5.92 Å². The van der Waals surface area contributed by atoms with Crippen molar-refractivity contribution in [3.63, 3.8) is 0 Å². The summed E-state index contributed by atoms with van der Waals surface area (Å²) in [6.45, 7) is 2.74. The molecule has 0 spiro atoms. The minimum Gasteiger partial charge on any atom is -0.383 e. The second-order valence-electron chi connectivity index (χ2n) is 4.47. The van der Waals surface area contributed by atoms with E-state index in [9.17, 15) is 0 Å². The summed E-state index contributed by atoms with van der Waals surface area (Å²) in [5, 5.41) is 4.68. The Hall–Kier alpha value is -0.280. The molecule has 2 rings (SSSR count). The second kappa shape index (κ2) is 6.05. The van der Waals surface area contributed by atoms with Gasteiger partial charge in [0.25, 0.3) is 0 Å². The lowest BCUT2D eigenvalue weighted by atomic mass is 10.1. The van der Waals surface area contributed by atoms with Crippen LogP contribution in [0.1, 0.15) is 17.9 Å². The molecule has 0 saturated heterocycles. The molecule has 17 heavy (non-hydrogen) atoms. The van der Waals surface area contributed by atoms with E-state index in [1.54, 1.807) is 7.11 Å². The van der Waals surface area contributed by atoms with Gasteiger partial charge >= 0.3 is 0 Å². The number of nitrogens with one attached hydrogen (secondary N) is 1. The highest BCUT2D eigenvalue weighted by atomic mass is 35.5. The zero-order valence-electron chi connectivity index (χ0n) is 9.88. The molecule has 0 amide bonds. The van der Waals surface area contributed by atoms with Crippen molar-refractivity contribution in [3.05, 3.63) is 33.8 Å². The third-order valence-corrected chi connectivity index (χ3v) is 3.92. The van der Waals surface area contributed by atoms with Gasteiger partial charge in [-0.05, 0) is 42.5 Å². The molecule has 0 bridgehead atoms. The molecule has 1 aliphatic carbocycles. The average Bonchev–Trinajstić information content (AvgIpc) is 3.08. The molecule has 2 atom stereocenters. The number of rotatable bonds is 6. The summed E-state index contributed by atoms with van der Waals surface area (Å²) in [5.74, 6) is 1.36. The molecule has 1 aromatic rings. The minimum absolute atomic E-state index is 0.630. The number of methoxy groups -OCH3 is 1. The molecule has 0 heterocycles. The first-order valence-electron chi connectivity index (χ1n) is 5.87.